The van der Waals surface area contributed by atoms with Crippen molar-refractivity contribution in [3.8, 4) is 0 Å². The minimum atomic E-state index is -0.983. The molecule has 1 N–H and O–H groups in total. The molecule has 0 saturated heterocycles. The average Bonchev–Trinajstić information content (AvgIpc) is 1.88. The van der Waals surface area contributed by atoms with Crippen LogP contribution in [0.2, 0.25) is 0 Å². The highest BCUT2D eigenvalue weighted by Gasteiger charge is 2.01. The lowest BCUT2D eigenvalue weighted by molar-refractivity contribution is 0.0690. The number of pyridine rings is 1. The molecule has 1 heterocycles. The van der Waals surface area contributed by atoms with Crippen molar-refractivity contribution in [3.05, 3.63) is 29.6 Å². The van der Waals surface area contributed by atoms with Crippen LogP contribution in [-0.4, -0.2) is 16.1 Å². The normalized spacial score (nSPS) is 8.45. The second-order valence-electron chi connectivity index (χ2n) is 1.97. The Hall–Kier alpha value is -1.09. The summed E-state index contributed by atoms with van der Waals surface area (Å²) in [6, 6.07) is 4.90. The fraction of sp³-hybridized carbons (Fsp3) is 0.143. The topological polar surface area (TPSA) is 50.2 Å². The second-order valence-corrected chi connectivity index (χ2v) is 1.97. The van der Waals surface area contributed by atoms with Crippen LogP contribution in [0.5, 0.6) is 0 Å². The maximum atomic E-state index is 10.3. The Kier molecular flexibility index (Phi) is 3.54. The Morgan fingerprint density at radius 3 is 2.55 bits per heavy atom. The maximum absolute atomic E-state index is 10.3. The third kappa shape index (κ3) is 2.55. The summed E-state index contributed by atoms with van der Waals surface area (Å²) in [4.78, 5) is 14.1. The fourth-order valence-electron chi connectivity index (χ4n) is 0.662. The van der Waals surface area contributed by atoms with Gasteiger partial charge in [-0.2, -0.15) is 0 Å². The Morgan fingerprint density at radius 1 is 1.55 bits per heavy atom. The summed E-state index contributed by atoms with van der Waals surface area (Å²) in [6.07, 6.45) is 0. The summed E-state index contributed by atoms with van der Waals surface area (Å²) in [5.74, 6) is -0.983. The van der Waals surface area contributed by atoms with Gasteiger partial charge < -0.3 is 5.11 Å². The van der Waals surface area contributed by atoms with Gasteiger partial charge in [-0.1, -0.05) is 6.07 Å². The minimum Gasteiger partial charge on any atom is -0.477 e. The predicted octanol–water partition coefficient (Wildman–Crippen LogP) is 1.51. The standard InChI is InChI=1S/C7H7NO2.ClH/c1-5-3-2-4-6(8-5)7(9)10;/h2-4H,1H3,(H,9,10);1H. The van der Waals surface area contributed by atoms with Gasteiger partial charge in [0.1, 0.15) is 5.69 Å². The fourth-order valence-corrected chi connectivity index (χ4v) is 0.662. The van der Waals surface area contributed by atoms with E-state index in [4.69, 9.17) is 5.11 Å². The summed E-state index contributed by atoms with van der Waals surface area (Å²) in [5, 5.41) is 8.45. The van der Waals surface area contributed by atoms with Crippen LogP contribution in [-0.2, 0) is 0 Å². The molecule has 0 saturated carbocycles. The second kappa shape index (κ2) is 3.93. The van der Waals surface area contributed by atoms with Crippen LogP contribution in [0.4, 0.5) is 0 Å². The van der Waals surface area contributed by atoms with E-state index in [1.165, 1.54) is 6.07 Å². The Bertz CT molecular complexity index is 262. The zero-order valence-electron chi connectivity index (χ0n) is 5.94. The smallest absolute Gasteiger partial charge is 0.354 e. The maximum Gasteiger partial charge on any atom is 0.354 e. The highest BCUT2D eigenvalue weighted by molar-refractivity contribution is 5.85. The molecule has 0 bridgehead atoms. The van der Waals surface area contributed by atoms with Gasteiger partial charge in [0, 0.05) is 5.69 Å². The van der Waals surface area contributed by atoms with Crippen molar-refractivity contribution in [2.24, 2.45) is 0 Å². The Balaban J connectivity index is 0.000001000. The van der Waals surface area contributed by atoms with Crippen molar-refractivity contribution in [2.45, 2.75) is 6.92 Å². The van der Waals surface area contributed by atoms with Gasteiger partial charge in [0.05, 0.1) is 0 Å². The van der Waals surface area contributed by atoms with E-state index >= 15 is 0 Å². The van der Waals surface area contributed by atoms with E-state index in [1.54, 1.807) is 19.1 Å². The number of hydrogen-bond acceptors (Lipinski definition) is 2. The molecule has 0 amide bonds. The van der Waals surface area contributed by atoms with Gasteiger partial charge in [0.2, 0.25) is 0 Å². The molecule has 0 aromatic carbocycles. The van der Waals surface area contributed by atoms with Crippen molar-refractivity contribution in [2.75, 3.05) is 0 Å². The summed E-state index contributed by atoms with van der Waals surface area (Å²) < 4.78 is 0. The summed E-state index contributed by atoms with van der Waals surface area (Å²) in [5.41, 5.74) is 0.819. The van der Waals surface area contributed by atoms with Crippen LogP contribution in [0.3, 0.4) is 0 Å². The van der Waals surface area contributed by atoms with Crippen molar-refractivity contribution in [3.63, 3.8) is 0 Å². The Labute approximate surface area is 70.5 Å². The number of aryl methyl sites for hydroxylation is 1. The van der Waals surface area contributed by atoms with Crippen LogP contribution in [0, 0.1) is 6.92 Å². The summed E-state index contributed by atoms with van der Waals surface area (Å²) in [6.45, 7) is 1.76. The number of carboxylic acid groups (broad SMARTS) is 1. The van der Waals surface area contributed by atoms with E-state index in [0.29, 0.717) is 0 Å². The van der Waals surface area contributed by atoms with E-state index in [-0.39, 0.29) is 18.1 Å². The van der Waals surface area contributed by atoms with Gasteiger partial charge >= 0.3 is 5.97 Å². The molecule has 0 atom stereocenters. The number of rotatable bonds is 1. The first-order valence-corrected chi connectivity index (χ1v) is 2.87. The molecule has 3 nitrogen and oxygen atoms in total. The van der Waals surface area contributed by atoms with Crippen molar-refractivity contribution < 1.29 is 9.90 Å². The molecule has 60 valence electrons. The molecular weight excluding hydrogens is 166 g/mol. The van der Waals surface area contributed by atoms with Crippen molar-refractivity contribution in [1.29, 1.82) is 0 Å². The molecule has 0 spiro atoms. The first kappa shape index (κ1) is 9.91. The number of hydrogen-bond donors (Lipinski definition) is 1. The third-order valence-corrected chi connectivity index (χ3v) is 1.11. The summed E-state index contributed by atoms with van der Waals surface area (Å²) in [7, 11) is 0. The first-order chi connectivity index (χ1) is 4.70. The monoisotopic (exact) mass is 173 g/mol. The SMILES string of the molecule is Cc1cccc(C(=O)O)n1.Cl. The van der Waals surface area contributed by atoms with E-state index in [9.17, 15) is 4.79 Å². The highest BCUT2D eigenvalue weighted by atomic mass is 35.5. The first-order valence-electron chi connectivity index (χ1n) is 2.87. The van der Waals surface area contributed by atoms with Crippen molar-refractivity contribution >= 4 is 18.4 Å². The van der Waals surface area contributed by atoms with Crippen LogP contribution < -0.4 is 0 Å². The number of aromatic nitrogens is 1. The molecule has 0 aliphatic rings. The van der Waals surface area contributed by atoms with Crippen LogP contribution >= 0.6 is 12.4 Å². The molecule has 0 unspecified atom stereocenters. The number of carboxylic acids is 1. The molecule has 0 radical (unpaired) electrons. The lowest BCUT2D eigenvalue weighted by Gasteiger charge is -1.92. The number of carbonyl (C=O) groups is 1. The molecule has 1 rings (SSSR count). The van der Waals surface area contributed by atoms with E-state index in [0.717, 1.165) is 5.69 Å². The quantitative estimate of drug-likeness (QED) is 0.701. The zero-order valence-corrected chi connectivity index (χ0v) is 6.76. The van der Waals surface area contributed by atoms with Crippen LogP contribution in [0.15, 0.2) is 18.2 Å². The molecule has 1 aromatic rings. The molecule has 0 aliphatic heterocycles. The lowest BCUT2D eigenvalue weighted by atomic mass is 10.3. The number of aromatic carboxylic acids is 1. The molecule has 0 aliphatic carbocycles. The molecule has 4 heteroatoms. The van der Waals surface area contributed by atoms with Gasteiger partial charge in [-0.15, -0.1) is 12.4 Å². The van der Waals surface area contributed by atoms with E-state index in [2.05, 4.69) is 4.98 Å². The molecular formula is C7H8ClNO2. The van der Waals surface area contributed by atoms with Gasteiger partial charge in [-0.05, 0) is 19.1 Å². The number of halogens is 1. The molecule has 1 aromatic heterocycles. The lowest BCUT2D eigenvalue weighted by Crippen LogP contribution is -1.99. The zero-order chi connectivity index (χ0) is 7.56. The highest BCUT2D eigenvalue weighted by Crippen LogP contribution is 1.96. The number of nitrogens with zero attached hydrogens (tertiary/aromatic N) is 1. The largest absolute Gasteiger partial charge is 0.477 e. The van der Waals surface area contributed by atoms with Gasteiger partial charge in [0.15, 0.2) is 0 Å². The van der Waals surface area contributed by atoms with Gasteiger partial charge in [0.25, 0.3) is 0 Å². The molecule has 11 heavy (non-hydrogen) atoms. The Morgan fingerprint density at radius 2 is 2.18 bits per heavy atom. The average molecular weight is 174 g/mol. The van der Waals surface area contributed by atoms with E-state index in [1.807, 2.05) is 0 Å². The minimum absolute atomic E-state index is 0. The predicted molar refractivity (Wildman–Crippen MR) is 43.2 cm³/mol. The summed E-state index contributed by atoms with van der Waals surface area (Å²) >= 11 is 0. The van der Waals surface area contributed by atoms with Gasteiger partial charge in [-0.3, -0.25) is 0 Å². The van der Waals surface area contributed by atoms with Crippen LogP contribution in [0.1, 0.15) is 16.2 Å². The molecule has 0 fully saturated rings. The van der Waals surface area contributed by atoms with Gasteiger partial charge in [-0.25, -0.2) is 9.78 Å². The van der Waals surface area contributed by atoms with Crippen LogP contribution in [0.25, 0.3) is 0 Å². The third-order valence-electron chi connectivity index (χ3n) is 1.11. The van der Waals surface area contributed by atoms with E-state index < -0.39 is 5.97 Å². The van der Waals surface area contributed by atoms with Crippen molar-refractivity contribution in [1.82, 2.24) is 4.98 Å².